The van der Waals surface area contributed by atoms with Gasteiger partial charge in [-0.2, -0.15) is 5.10 Å². The molecule has 138 valence electrons. The van der Waals surface area contributed by atoms with Crippen molar-refractivity contribution in [1.29, 1.82) is 0 Å². The standard InChI is InChI=1S/C19H22F2N4O/c1-12-8-14(23(2)22-12)11-25-16-6-7-24(17(16)9-18(25)26)10-13-4-3-5-15(20)19(13)21/h3-5,8,16-17H,6-7,9-11H2,1-2H3/t16-,17-/m0/s1. The van der Waals surface area contributed by atoms with E-state index in [1.807, 2.05) is 29.6 Å². The third-order valence-electron chi connectivity index (χ3n) is 5.57. The number of aromatic nitrogens is 2. The Bertz CT molecular complexity index is 850. The lowest BCUT2D eigenvalue weighted by Crippen LogP contribution is -2.37. The maximum Gasteiger partial charge on any atom is 0.224 e. The van der Waals surface area contributed by atoms with E-state index in [0.29, 0.717) is 25.1 Å². The molecule has 0 radical (unpaired) electrons. The van der Waals surface area contributed by atoms with Gasteiger partial charge in [-0.05, 0) is 25.5 Å². The van der Waals surface area contributed by atoms with Crippen LogP contribution in [0.3, 0.4) is 0 Å². The third-order valence-corrected chi connectivity index (χ3v) is 5.57. The molecule has 2 aliphatic rings. The molecule has 2 fully saturated rings. The van der Waals surface area contributed by atoms with Gasteiger partial charge in [0.05, 0.1) is 17.9 Å². The highest BCUT2D eigenvalue weighted by Crippen LogP contribution is 2.34. The highest BCUT2D eigenvalue weighted by molar-refractivity contribution is 5.80. The van der Waals surface area contributed by atoms with Gasteiger partial charge < -0.3 is 4.90 Å². The van der Waals surface area contributed by atoms with Gasteiger partial charge in [0.2, 0.25) is 5.91 Å². The number of benzene rings is 1. The highest BCUT2D eigenvalue weighted by Gasteiger charge is 2.46. The minimum absolute atomic E-state index is 0.0551. The topological polar surface area (TPSA) is 41.4 Å². The molecule has 2 aromatic rings. The van der Waals surface area contributed by atoms with Gasteiger partial charge in [0, 0.05) is 44.2 Å². The lowest BCUT2D eigenvalue weighted by molar-refractivity contribution is -0.129. The van der Waals surface area contributed by atoms with E-state index in [1.165, 1.54) is 6.07 Å². The average Bonchev–Trinajstić information content (AvgIpc) is 3.21. The number of hydrogen-bond donors (Lipinski definition) is 0. The summed E-state index contributed by atoms with van der Waals surface area (Å²) < 4.78 is 29.3. The zero-order valence-corrected chi connectivity index (χ0v) is 15.0. The Morgan fingerprint density at radius 1 is 1.23 bits per heavy atom. The van der Waals surface area contributed by atoms with E-state index >= 15 is 0 Å². The zero-order valence-electron chi connectivity index (χ0n) is 15.0. The van der Waals surface area contributed by atoms with Crippen LogP contribution < -0.4 is 0 Å². The van der Waals surface area contributed by atoms with Crippen LogP contribution in [-0.4, -0.2) is 44.1 Å². The van der Waals surface area contributed by atoms with Gasteiger partial charge in [-0.3, -0.25) is 14.4 Å². The fourth-order valence-corrected chi connectivity index (χ4v) is 4.29. The van der Waals surface area contributed by atoms with Crippen LogP contribution in [0.5, 0.6) is 0 Å². The molecule has 0 bridgehead atoms. The van der Waals surface area contributed by atoms with E-state index in [0.717, 1.165) is 30.4 Å². The largest absolute Gasteiger partial charge is 0.332 e. The minimum atomic E-state index is -0.825. The molecule has 1 amide bonds. The molecule has 0 aliphatic carbocycles. The molecule has 2 saturated heterocycles. The van der Waals surface area contributed by atoms with Crippen molar-refractivity contribution in [3.8, 4) is 0 Å². The molecule has 1 aromatic heterocycles. The number of amides is 1. The molecule has 0 unspecified atom stereocenters. The van der Waals surface area contributed by atoms with Crippen LogP contribution in [0.25, 0.3) is 0 Å². The summed E-state index contributed by atoms with van der Waals surface area (Å²) in [5.74, 6) is -1.50. The molecule has 0 spiro atoms. The monoisotopic (exact) mass is 360 g/mol. The van der Waals surface area contributed by atoms with Gasteiger partial charge in [-0.15, -0.1) is 0 Å². The molecule has 0 N–H and O–H groups in total. The third kappa shape index (κ3) is 2.90. The maximum atomic E-state index is 14.0. The van der Waals surface area contributed by atoms with Gasteiger partial charge in [0.15, 0.2) is 11.6 Å². The molecule has 4 rings (SSSR count). The lowest BCUT2D eigenvalue weighted by Gasteiger charge is -2.25. The van der Waals surface area contributed by atoms with E-state index in [-0.39, 0.29) is 18.0 Å². The van der Waals surface area contributed by atoms with Gasteiger partial charge in [0.1, 0.15) is 0 Å². The molecule has 3 heterocycles. The van der Waals surface area contributed by atoms with Crippen LogP contribution in [0.1, 0.15) is 29.8 Å². The number of likely N-dealkylation sites (tertiary alicyclic amines) is 2. The number of aryl methyl sites for hydroxylation is 2. The maximum absolute atomic E-state index is 14.0. The first-order chi connectivity index (χ1) is 12.4. The van der Waals surface area contributed by atoms with E-state index in [9.17, 15) is 13.6 Å². The van der Waals surface area contributed by atoms with Crippen LogP contribution in [-0.2, 0) is 24.9 Å². The molecule has 2 aliphatic heterocycles. The van der Waals surface area contributed by atoms with Crippen molar-refractivity contribution >= 4 is 5.91 Å². The molecule has 26 heavy (non-hydrogen) atoms. The van der Waals surface area contributed by atoms with Crippen LogP contribution >= 0.6 is 0 Å². The summed E-state index contributed by atoms with van der Waals surface area (Å²) in [7, 11) is 1.88. The second kappa shape index (κ2) is 6.46. The Hall–Kier alpha value is -2.28. The summed E-state index contributed by atoms with van der Waals surface area (Å²) >= 11 is 0. The fraction of sp³-hybridized carbons (Fsp3) is 0.474. The van der Waals surface area contributed by atoms with Crippen LogP contribution in [0.2, 0.25) is 0 Å². The van der Waals surface area contributed by atoms with E-state index in [4.69, 9.17) is 0 Å². The Morgan fingerprint density at radius 2 is 2.04 bits per heavy atom. The summed E-state index contributed by atoms with van der Waals surface area (Å²) in [4.78, 5) is 16.6. The highest BCUT2D eigenvalue weighted by atomic mass is 19.2. The van der Waals surface area contributed by atoms with Crippen LogP contribution in [0.15, 0.2) is 24.3 Å². The summed E-state index contributed by atoms with van der Waals surface area (Å²) in [5, 5.41) is 4.34. The van der Waals surface area contributed by atoms with Crippen LogP contribution in [0.4, 0.5) is 8.78 Å². The van der Waals surface area contributed by atoms with Crippen molar-refractivity contribution in [2.45, 2.75) is 44.9 Å². The number of carbonyl (C=O) groups excluding carboxylic acids is 1. The molecule has 1 aromatic carbocycles. The van der Waals surface area contributed by atoms with E-state index < -0.39 is 11.6 Å². The van der Waals surface area contributed by atoms with Crippen molar-refractivity contribution in [3.63, 3.8) is 0 Å². The van der Waals surface area contributed by atoms with Gasteiger partial charge in [-0.25, -0.2) is 8.78 Å². The molecule has 2 atom stereocenters. The van der Waals surface area contributed by atoms with Gasteiger partial charge in [0.25, 0.3) is 0 Å². The first-order valence-corrected chi connectivity index (χ1v) is 8.90. The molecular weight excluding hydrogens is 338 g/mol. The SMILES string of the molecule is Cc1cc(CN2C(=O)C[C@H]3[C@@H]2CCN3Cc2cccc(F)c2F)n(C)n1. The summed E-state index contributed by atoms with van der Waals surface area (Å²) in [5.41, 5.74) is 2.28. The van der Waals surface area contributed by atoms with Gasteiger partial charge >= 0.3 is 0 Å². The molecule has 5 nitrogen and oxygen atoms in total. The average molecular weight is 360 g/mol. The first kappa shape index (κ1) is 17.1. The fourth-order valence-electron chi connectivity index (χ4n) is 4.29. The number of hydrogen-bond acceptors (Lipinski definition) is 3. The van der Waals surface area contributed by atoms with Crippen molar-refractivity contribution in [2.24, 2.45) is 7.05 Å². The minimum Gasteiger partial charge on any atom is -0.332 e. The Balaban J connectivity index is 1.50. The summed E-state index contributed by atoms with van der Waals surface area (Å²) in [6.45, 7) is 3.58. The second-order valence-electron chi connectivity index (χ2n) is 7.23. The zero-order chi connectivity index (χ0) is 18.4. The quantitative estimate of drug-likeness (QED) is 0.841. The number of carbonyl (C=O) groups is 1. The molecular formula is C19H22F2N4O. The van der Waals surface area contributed by atoms with E-state index in [2.05, 4.69) is 10.00 Å². The Labute approximate surface area is 151 Å². The number of nitrogens with zero attached hydrogens (tertiary/aromatic N) is 4. The van der Waals surface area contributed by atoms with Crippen molar-refractivity contribution in [2.75, 3.05) is 6.54 Å². The van der Waals surface area contributed by atoms with Crippen molar-refractivity contribution < 1.29 is 13.6 Å². The summed E-state index contributed by atoms with van der Waals surface area (Å²) in [6.07, 6.45) is 1.28. The van der Waals surface area contributed by atoms with Crippen molar-refractivity contribution in [1.82, 2.24) is 19.6 Å². The lowest BCUT2D eigenvalue weighted by atomic mass is 10.1. The number of fused-ring (bicyclic) bond motifs is 1. The smallest absolute Gasteiger partial charge is 0.224 e. The summed E-state index contributed by atoms with van der Waals surface area (Å²) in [6, 6.07) is 6.43. The Morgan fingerprint density at radius 3 is 2.77 bits per heavy atom. The van der Waals surface area contributed by atoms with Crippen LogP contribution in [0, 0.1) is 18.6 Å². The van der Waals surface area contributed by atoms with Crippen molar-refractivity contribution in [3.05, 3.63) is 52.9 Å². The number of rotatable bonds is 4. The predicted octanol–water partition coefficient (Wildman–Crippen LogP) is 2.38. The number of halogens is 2. The molecule has 0 saturated carbocycles. The molecule has 7 heteroatoms. The second-order valence-corrected chi connectivity index (χ2v) is 7.23. The van der Waals surface area contributed by atoms with Gasteiger partial charge in [-0.1, -0.05) is 12.1 Å². The first-order valence-electron chi connectivity index (χ1n) is 8.90. The normalized spacial score (nSPS) is 23.1. The predicted molar refractivity (Wildman–Crippen MR) is 92.1 cm³/mol. The Kier molecular flexibility index (Phi) is 4.26. The van der Waals surface area contributed by atoms with E-state index in [1.54, 1.807) is 6.07 Å².